The Balaban J connectivity index is 0.00000288. The van der Waals surface area contributed by atoms with Crippen molar-refractivity contribution in [3.63, 3.8) is 0 Å². The maximum absolute atomic E-state index is 12.3. The van der Waals surface area contributed by atoms with Gasteiger partial charge in [0.2, 0.25) is 11.7 Å². The lowest BCUT2D eigenvalue weighted by Crippen LogP contribution is -2.38. The zero-order valence-corrected chi connectivity index (χ0v) is 15.6. The Morgan fingerprint density at radius 2 is 1.83 bits per heavy atom. The molecule has 1 unspecified atom stereocenters. The van der Waals surface area contributed by atoms with Gasteiger partial charge in [0.15, 0.2) is 11.5 Å². The van der Waals surface area contributed by atoms with Crippen molar-refractivity contribution < 1.29 is 19.0 Å². The van der Waals surface area contributed by atoms with Crippen LogP contribution >= 0.6 is 12.4 Å². The second kappa shape index (κ2) is 9.59. The summed E-state index contributed by atoms with van der Waals surface area (Å²) in [7, 11) is 6.64. The molecule has 0 bridgehead atoms. The Labute approximate surface area is 149 Å². The number of carbonyl (C=O) groups excluding carboxylic acids is 1. The molecule has 0 aliphatic carbocycles. The first-order valence-electron chi connectivity index (χ1n) is 7.86. The van der Waals surface area contributed by atoms with Crippen LogP contribution in [-0.2, 0) is 11.2 Å². The van der Waals surface area contributed by atoms with E-state index in [1.54, 1.807) is 21.3 Å². The standard InChI is InChI=1S/C17H26N2O4.ClH/c1-19(13-7-8-18-11-13)16(20)6-5-12-9-14(21-2)17(23-4)15(10-12)22-3;/h9-10,13,18H,5-8,11H2,1-4H3;1H. The molecule has 1 aliphatic rings. The molecule has 1 N–H and O–H groups in total. The minimum absolute atomic E-state index is 0. The van der Waals surface area contributed by atoms with Crippen molar-refractivity contribution in [3.8, 4) is 17.2 Å². The van der Waals surface area contributed by atoms with Gasteiger partial charge in [-0.25, -0.2) is 0 Å². The Morgan fingerprint density at radius 1 is 1.21 bits per heavy atom. The third-order valence-electron chi connectivity index (χ3n) is 4.33. The normalized spacial score (nSPS) is 16.2. The number of hydrogen-bond donors (Lipinski definition) is 1. The van der Waals surface area contributed by atoms with Gasteiger partial charge in [0.05, 0.1) is 21.3 Å². The predicted molar refractivity (Wildman–Crippen MR) is 95.7 cm³/mol. The summed E-state index contributed by atoms with van der Waals surface area (Å²) in [4.78, 5) is 14.2. The summed E-state index contributed by atoms with van der Waals surface area (Å²) in [6.07, 6.45) is 2.12. The van der Waals surface area contributed by atoms with Gasteiger partial charge in [0.1, 0.15) is 0 Å². The molecule has 1 saturated heterocycles. The van der Waals surface area contributed by atoms with Crippen molar-refractivity contribution in [2.75, 3.05) is 41.5 Å². The Bertz CT molecular complexity index is 522. The summed E-state index contributed by atoms with van der Waals surface area (Å²) in [5.41, 5.74) is 0.991. The average Bonchev–Trinajstić information content (AvgIpc) is 3.12. The zero-order valence-electron chi connectivity index (χ0n) is 14.8. The van der Waals surface area contributed by atoms with Crippen LogP contribution in [0.5, 0.6) is 17.2 Å². The number of aryl methyl sites for hydroxylation is 1. The number of nitrogens with zero attached hydrogens (tertiary/aromatic N) is 1. The molecule has 1 heterocycles. The van der Waals surface area contributed by atoms with Gasteiger partial charge in [0.25, 0.3) is 0 Å². The number of benzene rings is 1. The highest BCUT2D eigenvalue weighted by Crippen LogP contribution is 2.38. The fourth-order valence-corrected chi connectivity index (χ4v) is 2.88. The van der Waals surface area contributed by atoms with Gasteiger partial charge in [-0.05, 0) is 37.1 Å². The van der Waals surface area contributed by atoms with Crippen LogP contribution in [0.3, 0.4) is 0 Å². The third kappa shape index (κ3) is 4.68. The lowest BCUT2D eigenvalue weighted by atomic mass is 10.1. The van der Waals surface area contributed by atoms with Crippen LogP contribution in [0.2, 0.25) is 0 Å². The van der Waals surface area contributed by atoms with Crippen LogP contribution in [0, 0.1) is 0 Å². The summed E-state index contributed by atoms with van der Waals surface area (Å²) < 4.78 is 16.0. The Kier molecular flexibility index (Phi) is 8.15. The zero-order chi connectivity index (χ0) is 16.8. The number of halogens is 1. The van der Waals surface area contributed by atoms with Crippen LogP contribution in [0.25, 0.3) is 0 Å². The number of amides is 1. The van der Waals surface area contributed by atoms with E-state index in [1.807, 2.05) is 24.1 Å². The van der Waals surface area contributed by atoms with E-state index < -0.39 is 0 Å². The molecule has 1 aromatic carbocycles. The lowest BCUT2D eigenvalue weighted by Gasteiger charge is -2.24. The summed E-state index contributed by atoms with van der Waals surface area (Å²) in [6, 6.07) is 4.10. The molecule has 1 aliphatic heterocycles. The largest absolute Gasteiger partial charge is 0.493 e. The number of carbonyl (C=O) groups is 1. The van der Waals surface area contributed by atoms with Crippen molar-refractivity contribution in [1.29, 1.82) is 0 Å². The molecule has 0 spiro atoms. The third-order valence-corrected chi connectivity index (χ3v) is 4.33. The van der Waals surface area contributed by atoms with Gasteiger partial charge in [-0.2, -0.15) is 0 Å². The predicted octanol–water partition coefficient (Wildman–Crippen LogP) is 1.89. The number of likely N-dealkylation sites (N-methyl/N-ethyl adjacent to an activating group) is 1. The minimum Gasteiger partial charge on any atom is -0.493 e. The van der Waals surface area contributed by atoms with Crippen LogP contribution in [0.15, 0.2) is 12.1 Å². The number of hydrogen-bond acceptors (Lipinski definition) is 5. The van der Waals surface area contributed by atoms with Gasteiger partial charge >= 0.3 is 0 Å². The molecule has 2 rings (SSSR count). The van der Waals surface area contributed by atoms with E-state index in [2.05, 4.69) is 5.32 Å². The number of ether oxygens (including phenoxy) is 3. The summed E-state index contributed by atoms with van der Waals surface area (Å²) in [6.45, 7) is 1.86. The maximum Gasteiger partial charge on any atom is 0.222 e. The highest BCUT2D eigenvalue weighted by Gasteiger charge is 2.23. The molecular formula is C17H27ClN2O4. The molecule has 136 valence electrons. The van der Waals surface area contributed by atoms with Crippen molar-refractivity contribution in [2.45, 2.75) is 25.3 Å². The summed E-state index contributed by atoms with van der Waals surface area (Å²) in [5.74, 6) is 1.96. The van der Waals surface area contributed by atoms with Crippen molar-refractivity contribution in [2.24, 2.45) is 0 Å². The maximum atomic E-state index is 12.3. The first-order chi connectivity index (χ1) is 11.1. The van der Waals surface area contributed by atoms with E-state index >= 15 is 0 Å². The molecule has 0 saturated carbocycles. The number of methoxy groups -OCH3 is 3. The van der Waals surface area contributed by atoms with E-state index in [0.29, 0.717) is 36.1 Å². The topological polar surface area (TPSA) is 60.0 Å². The second-order valence-corrected chi connectivity index (χ2v) is 5.68. The summed E-state index contributed by atoms with van der Waals surface area (Å²) >= 11 is 0. The molecule has 1 fully saturated rings. The molecule has 1 amide bonds. The number of rotatable bonds is 7. The van der Waals surface area contributed by atoms with Crippen molar-refractivity contribution in [3.05, 3.63) is 17.7 Å². The molecule has 7 heteroatoms. The van der Waals surface area contributed by atoms with E-state index in [9.17, 15) is 4.79 Å². The fourth-order valence-electron chi connectivity index (χ4n) is 2.88. The molecule has 6 nitrogen and oxygen atoms in total. The minimum atomic E-state index is 0. The van der Waals surface area contributed by atoms with Crippen LogP contribution in [-0.4, -0.2) is 58.3 Å². The lowest BCUT2D eigenvalue weighted by molar-refractivity contribution is -0.131. The van der Waals surface area contributed by atoms with Crippen molar-refractivity contribution in [1.82, 2.24) is 10.2 Å². The van der Waals surface area contributed by atoms with Gasteiger partial charge in [-0.1, -0.05) is 0 Å². The van der Waals surface area contributed by atoms with Gasteiger partial charge in [-0.15, -0.1) is 12.4 Å². The molecule has 0 aromatic heterocycles. The highest BCUT2D eigenvalue weighted by molar-refractivity contribution is 5.85. The van der Waals surface area contributed by atoms with Crippen LogP contribution in [0.4, 0.5) is 0 Å². The highest BCUT2D eigenvalue weighted by atomic mass is 35.5. The smallest absolute Gasteiger partial charge is 0.222 e. The molecule has 24 heavy (non-hydrogen) atoms. The Morgan fingerprint density at radius 3 is 2.29 bits per heavy atom. The van der Waals surface area contributed by atoms with E-state index in [4.69, 9.17) is 14.2 Å². The summed E-state index contributed by atoms with van der Waals surface area (Å²) in [5, 5.41) is 3.28. The second-order valence-electron chi connectivity index (χ2n) is 5.68. The van der Waals surface area contributed by atoms with Crippen LogP contribution in [0.1, 0.15) is 18.4 Å². The number of nitrogens with one attached hydrogen (secondary N) is 1. The first-order valence-corrected chi connectivity index (χ1v) is 7.86. The van der Waals surface area contributed by atoms with E-state index in [-0.39, 0.29) is 18.3 Å². The first kappa shape index (κ1) is 20.4. The quantitative estimate of drug-likeness (QED) is 0.806. The molecule has 1 aromatic rings. The van der Waals surface area contributed by atoms with Crippen LogP contribution < -0.4 is 19.5 Å². The van der Waals surface area contributed by atoms with E-state index in [0.717, 1.165) is 25.1 Å². The van der Waals surface area contributed by atoms with Gasteiger partial charge < -0.3 is 24.4 Å². The molecule has 1 atom stereocenters. The monoisotopic (exact) mass is 358 g/mol. The average molecular weight is 359 g/mol. The van der Waals surface area contributed by atoms with Crippen molar-refractivity contribution >= 4 is 18.3 Å². The Hall–Kier alpha value is -1.66. The fraction of sp³-hybridized carbons (Fsp3) is 0.588. The molecular weight excluding hydrogens is 332 g/mol. The van der Waals surface area contributed by atoms with E-state index in [1.165, 1.54) is 0 Å². The van der Waals surface area contributed by atoms with Gasteiger partial charge in [-0.3, -0.25) is 4.79 Å². The molecule has 0 radical (unpaired) electrons. The SMILES string of the molecule is COc1cc(CCC(=O)N(C)C2CCNC2)cc(OC)c1OC.Cl. The van der Waals surface area contributed by atoms with Gasteiger partial charge in [0, 0.05) is 26.1 Å².